The number of rotatable bonds is 1. The van der Waals surface area contributed by atoms with Crippen LogP contribution in [0, 0.1) is 0 Å². The van der Waals surface area contributed by atoms with Gasteiger partial charge in [-0.2, -0.15) is 0 Å². The minimum atomic E-state index is -0.346. The second-order valence-electron chi connectivity index (χ2n) is 0.399. The third kappa shape index (κ3) is 47.5. The van der Waals surface area contributed by atoms with Gasteiger partial charge in [-0.25, -0.2) is 0 Å². The fourth-order valence-corrected chi connectivity index (χ4v) is 0. The zero-order valence-electron chi connectivity index (χ0n) is 3.30. The van der Waals surface area contributed by atoms with E-state index in [1.807, 2.05) is 0 Å². The van der Waals surface area contributed by atoms with Gasteiger partial charge >= 0.3 is 34.5 Å². The van der Waals surface area contributed by atoms with Crippen molar-refractivity contribution < 1.29 is 19.9 Å². The van der Waals surface area contributed by atoms with E-state index in [0.717, 1.165) is 0 Å². The second-order valence-corrected chi connectivity index (χ2v) is 3.04. The van der Waals surface area contributed by atoms with Gasteiger partial charge in [0.2, 0.25) is 0 Å². The van der Waals surface area contributed by atoms with Crippen molar-refractivity contribution in [3.8, 4) is 0 Å². The molecular weight excluding hydrogens is 226 g/mol. The van der Waals surface area contributed by atoms with Crippen LogP contribution in [0.1, 0.15) is 0 Å². The fraction of sp³-hybridized carbons (Fsp3) is 0.500. The summed E-state index contributed by atoms with van der Waals surface area (Å²) in [5, 5.41) is 0. The molecule has 0 aliphatic rings. The molecule has 0 amide bonds. The Morgan fingerprint density at radius 2 is 1.86 bits per heavy atom. The van der Waals surface area contributed by atoms with Crippen LogP contribution in [0.3, 0.4) is 0 Å². The van der Waals surface area contributed by atoms with Crippen LogP contribution < -0.4 is 5.73 Å². The first-order valence-corrected chi connectivity index (χ1v) is 5.71. The third-order valence-electron chi connectivity index (χ3n) is 0.0833. The summed E-state index contributed by atoms with van der Waals surface area (Å²) in [5.74, 6) is 0. The van der Waals surface area contributed by atoms with E-state index in [-0.39, 0.29) is 21.7 Å². The number of halogens is 2. The number of hydrogen-bond donors (Lipinski definition) is 1. The Balaban J connectivity index is 0. The maximum atomic E-state index is 8.92. The first-order valence-electron chi connectivity index (χ1n) is 1.23. The average molecular weight is 230 g/mol. The van der Waals surface area contributed by atoms with Crippen LogP contribution in [0.4, 0.5) is 0 Å². The van der Waals surface area contributed by atoms with Crippen LogP contribution in [0.5, 0.6) is 0 Å². The number of hydrogen-bond acceptors (Lipinski definition) is 2. The summed E-state index contributed by atoms with van der Waals surface area (Å²) in [4.78, 5) is 8.92. The second kappa shape index (κ2) is 15.8. The van der Waals surface area contributed by atoms with E-state index < -0.39 is 0 Å². The Kier molecular flexibility index (Phi) is 24.3. The van der Waals surface area contributed by atoms with E-state index in [9.17, 15) is 0 Å². The normalized spacial score (nSPS) is 6.71. The molecule has 0 heterocycles. The molecule has 0 aliphatic carbocycles. The first kappa shape index (κ1) is 10.7. The molecule has 0 unspecified atom stereocenters. The summed E-state index contributed by atoms with van der Waals surface area (Å²) in [6.07, 6.45) is 1.46. The molecule has 0 spiro atoms. The molecule has 0 aromatic rings. The molecule has 0 rings (SSSR count). The molecule has 0 saturated heterocycles. The molecule has 2 nitrogen and oxygen atoms in total. The van der Waals surface area contributed by atoms with Gasteiger partial charge in [-0.1, -0.05) is 0 Å². The monoisotopic (exact) mass is 230 g/mol. The third-order valence-corrected chi connectivity index (χ3v) is 0.0833. The minimum absolute atomic E-state index is 0.0139. The molecule has 0 aromatic carbocycles. The van der Waals surface area contributed by atoms with Crippen LogP contribution >= 0.6 is 19.4 Å². The van der Waals surface area contributed by atoms with Crippen molar-refractivity contribution >= 4 is 25.7 Å². The Morgan fingerprint density at radius 1 is 1.71 bits per heavy atom. The van der Waals surface area contributed by atoms with Crippen LogP contribution in [0.25, 0.3) is 0 Å². The molecule has 5 heteroatoms. The van der Waals surface area contributed by atoms with E-state index >= 15 is 0 Å². The Bertz CT molecular complexity index is 36.9. The zero-order chi connectivity index (χ0) is 6.12. The van der Waals surface area contributed by atoms with Gasteiger partial charge in [0.15, 0.2) is 0 Å². The molecule has 0 atom stereocenters. The predicted octanol–water partition coefficient (Wildman–Crippen LogP) is 0.431. The van der Waals surface area contributed by atoms with Crippen molar-refractivity contribution in [1.82, 2.24) is 0 Å². The average Bonchev–Trinajstić information content (AvgIpc) is 1.69. The first-order chi connectivity index (χ1) is 3.33. The SMILES string of the molecule is NC[C-]=O.[Cl][Ru][Cl]. The van der Waals surface area contributed by atoms with Gasteiger partial charge in [-0.05, 0) is 0 Å². The molecule has 46 valence electrons. The molecular formula is C2H4Cl2NORu-. The van der Waals surface area contributed by atoms with Gasteiger partial charge in [0.05, 0.1) is 0 Å². The molecule has 0 saturated carbocycles. The molecule has 0 fully saturated rings. The predicted molar refractivity (Wildman–Crippen MR) is 26.5 cm³/mol. The van der Waals surface area contributed by atoms with Crippen molar-refractivity contribution in [2.75, 3.05) is 6.54 Å². The van der Waals surface area contributed by atoms with Gasteiger partial charge < -0.3 is 10.5 Å². The molecule has 0 radical (unpaired) electrons. The molecule has 7 heavy (non-hydrogen) atoms. The maximum absolute atomic E-state index is 8.92. The Labute approximate surface area is 58.0 Å². The summed E-state index contributed by atoms with van der Waals surface area (Å²) in [6, 6.07) is 0. The Morgan fingerprint density at radius 3 is 1.86 bits per heavy atom. The van der Waals surface area contributed by atoms with E-state index in [4.69, 9.17) is 24.2 Å². The number of nitrogens with two attached hydrogens (primary N) is 1. The van der Waals surface area contributed by atoms with Crippen molar-refractivity contribution in [3.63, 3.8) is 0 Å². The van der Waals surface area contributed by atoms with Gasteiger partial charge in [-0.3, -0.25) is 6.29 Å². The number of carbonyl (C=O) groups excluding carboxylic acids is 1. The van der Waals surface area contributed by atoms with Crippen molar-refractivity contribution in [2.45, 2.75) is 0 Å². The van der Waals surface area contributed by atoms with Crippen molar-refractivity contribution in [1.29, 1.82) is 0 Å². The van der Waals surface area contributed by atoms with E-state index in [1.54, 1.807) is 0 Å². The molecule has 0 aromatic heterocycles. The standard InChI is InChI=1S/C2H4NO.2ClH.Ru/c3-1-2-4;;;/h1,3H2;2*1H;/q-1;;;+2/p-2. The van der Waals surface area contributed by atoms with Crippen molar-refractivity contribution in [2.24, 2.45) is 5.73 Å². The summed E-state index contributed by atoms with van der Waals surface area (Å²) >= 11 is -0.346. The van der Waals surface area contributed by atoms with Gasteiger partial charge in [0.25, 0.3) is 0 Å². The summed E-state index contributed by atoms with van der Waals surface area (Å²) < 4.78 is 0. The quantitative estimate of drug-likeness (QED) is 0.524. The topological polar surface area (TPSA) is 43.1 Å². The molecule has 0 aliphatic heterocycles. The van der Waals surface area contributed by atoms with Crippen LogP contribution in [-0.4, -0.2) is 12.8 Å². The van der Waals surface area contributed by atoms with Crippen molar-refractivity contribution in [3.05, 3.63) is 0 Å². The van der Waals surface area contributed by atoms with Crippen LogP contribution in [0.2, 0.25) is 0 Å². The van der Waals surface area contributed by atoms with Crippen LogP contribution in [-0.2, 0) is 19.9 Å². The molecule has 0 bridgehead atoms. The van der Waals surface area contributed by atoms with E-state index in [1.165, 1.54) is 6.29 Å². The summed E-state index contributed by atoms with van der Waals surface area (Å²) in [6.45, 7) is 0.0139. The summed E-state index contributed by atoms with van der Waals surface area (Å²) in [7, 11) is 9.71. The van der Waals surface area contributed by atoms with E-state index in [2.05, 4.69) is 5.73 Å². The zero-order valence-corrected chi connectivity index (χ0v) is 6.55. The molecule has 2 N–H and O–H groups in total. The van der Waals surface area contributed by atoms with Gasteiger partial charge in [0, 0.05) is 0 Å². The van der Waals surface area contributed by atoms with E-state index in [0.29, 0.717) is 0 Å². The van der Waals surface area contributed by atoms with Gasteiger partial charge in [-0.15, -0.1) is 6.54 Å². The fourth-order valence-electron chi connectivity index (χ4n) is 0. The Hall–Kier alpha value is 0.833. The van der Waals surface area contributed by atoms with Gasteiger partial charge in [0.1, 0.15) is 0 Å². The summed E-state index contributed by atoms with van der Waals surface area (Å²) in [5.41, 5.74) is 4.60. The van der Waals surface area contributed by atoms with Crippen LogP contribution in [0.15, 0.2) is 0 Å².